The summed E-state index contributed by atoms with van der Waals surface area (Å²) in [6.07, 6.45) is 6.49. The highest BCUT2D eigenvalue weighted by molar-refractivity contribution is 7.88. The Bertz CT molecular complexity index is 1130. The Morgan fingerprint density at radius 2 is 1.84 bits per heavy atom. The Morgan fingerprint density at radius 3 is 2.45 bits per heavy atom. The number of halogens is 2. The van der Waals surface area contributed by atoms with Crippen LogP contribution >= 0.6 is 11.6 Å². The number of rotatable bonds is 5. The second kappa shape index (κ2) is 8.76. The monoisotopic (exact) mass is 470 g/mol. The van der Waals surface area contributed by atoms with Crippen LogP contribution in [-0.4, -0.2) is 61.0 Å². The van der Waals surface area contributed by atoms with Crippen LogP contribution in [0, 0.1) is 5.82 Å². The molecule has 11 heteroatoms. The van der Waals surface area contributed by atoms with Crippen molar-refractivity contribution in [2.75, 3.05) is 37.3 Å². The van der Waals surface area contributed by atoms with Crippen molar-refractivity contribution in [2.24, 2.45) is 0 Å². The van der Waals surface area contributed by atoms with Crippen LogP contribution in [0.3, 0.4) is 0 Å². The number of nitrogens with zero attached hydrogens (tertiary/aromatic N) is 4. The van der Waals surface area contributed by atoms with E-state index in [-0.39, 0.29) is 16.9 Å². The number of aromatic nitrogens is 2. The highest BCUT2D eigenvalue weighted by Crippen LogP contribution is 2.30. The molecule has 1 aliphatic heterocycles. The first kappa shape index (κ1) is 22.0. The molecule has 1 aliphatic carbocycles. The number of hydrogen-bond donors (Lipinski definition) is 0. The summed E-state index contributed by atoms with van der Waals surface area (Å²) >= 11 is 5.89. The molecule has 4 rings (SSSR count). The minimum absolute atomic E-state index is 0.0589. The SMILES string of the molecule is CS(=O)(=O)N1CCN(c2cnn(-c3ccc(F)c(Cl)c3)c(=O)c2OC2CCCC2)CC1. The molecule has 2 fully saturated rings. The second-order valence-electron chi connectivity index (χ2n) is 7.85. The molecular formula is C20H24ClFN4O4S. The minimum Gasteiger partial charge on any atom is -0.483 e. The number of sulfonamides is 1. The number of ether oxygens (including phenoxy) is 1. The van der Waals surface area contributed by atoms with E-state index in [1.807, 2.05) is 4.90 Å². The number of hydrogen-bond acceptors (Lipinski definition) is 6. The van der Waals surface area contributed by atoms with Crippen LogP contribution in [0.4, 0.5) is 10.1 Å². The fraction of sp³-hybridized carbons (Fsp3) is 0.500. The highest BCUT2D eigenvalue weighted by Gasteiger charge is 2.28. The molecule has 0 amide bonds. The van der Waals surface area contributed by atoms with Gasteiger partial charge >= 0.3 is 5.56 Å². The molecule has 1 saturated carbocycles. The normalized spacial score (nSPS) is 18.5. The third-order valence-corrected chi connectivity index (χ3v) is 7.29. The Hall–Kier alpha value is -2.17. The number of anilines is 1. The van der Waals surface area contributed by atoms with Gasteiger partial charge in [0.15, 0.2) is 0 Å². The fourth-order valence-corrected chi connectivity index (χ4v) is 5.00. The Kier molecular flexibility index (Phi) is 6.23. The maximum absolute atomic E-state index is 13.6. The summed E-state index contributed by atoms with van der Waals surface area (Å²) in [7, 11) is -3.27. The van der Waals surface area contributed by atoms with Crippen molar-refractivity contribution in [1.82, 2.24) is 14.1 Å². The fourth-order valence-electron chi connectivity index (χ4n) is 4.00. The third kappa shape index (κ3) is 4.70. The maximum Gasteiger partial charge on any atom is 0.316 e. The van der Waals surface area contributed by atoms with Crippen molar-refractivity contribution in [1.29, 1.82) is 0 Å². The van der Waals surface area contributed by atoms with Gasteiger partial charge < -0.3 is 9.64 Å². The first-order valence-electron chi connectivity index (χ1n) is 10.2. The van der Waals surface area contributed by atoms with Gasteiger partial charge in [0, 0.05) is 26.2 Å². The molecule has 2 heterocycles. The predicted octanol–water partition coefficient (Wildman–Crippen LogP) is 2.43. The van der Waals surface area contributed by atoms with Crippen molar-refractivity contribution < 1.29 is 17.5 Å². The molecule has 31 heavy (non-hydrogen) atoms. The van der Waals surface area contributed by atoms with Crippen LogP contribution in [0.1, 0.15) is 25.7 Å². The Labute approximate surface area is 185 Å². The van der Waals surface area contributed by atoms with E-state index in [0.29, 0.717) is 37.6 Å². The molecule has 0 spiro atoms. The minimum atomic E-state index is -3.27. The lowest BCUT2D eigenvalue weighted by atomic mass is 10.2. The van der Waals surface area contributed by atoms with Gasteiger partial charge in [0.25, 0.3) is 0 Å². The predicted molar refractivity (Wildman–Crippen MR) is 116 cm³/mol. The molecule has 0 unspecified atom stereocenters. The molecule has 2 aliphatic rings. The lowest BCUT2D eigenvalue weighted by Crippen LogP contribution is -2.49. The van der Waals surface area contributed by atoms with E-state index in [1.165, 1.54) is 28.8 Å². The summed E-state index contributed by atoms with van der Waals surface area (Å²) in [6, 6.07) is 3.95. The van der Waals surface area contributed by atoms with Crippen LogP contribution in [-0.2, 0) is 10.0 Å². The van der Waals surface area contributed by atoms with Gasteiger partial charge in [0.2, 0.25) is 15.8 Å². The van der Waals surface area contributed by atoms with Crippen LogP contribution in [0.15, 0.2) is 29.2 Å². The van der Waals surface area contributed by atoms with Crippen LogP contribution < -0.4 is 15.2 Å². The molecule has 0 atom stereocenters. The Morgan fingerprint density at radius 1 is 1.16 bits per heavy atom. The van der Waals surface area contributed by atoms with Gasteiger partial charge in [-0.25, -0.2) is 12.8 Å². The van der Waals surface area contributed by atoms with Gasteiger partial charge in [0.05, 0.1) is 29.3 Å². The molecule has 1 aromatic heterocycles. The van der Waals surface area contributed by atoms with E-state index in [1.54, 1.807) is 6.20 Å². The first-order chi connectivity index (χ1) is 14.7. The van der Waals surface area contributed by atoms with Crippen molar-refractivity contribution in [3.05, 3.63) is 45.6 Å². The summed E-state index contributed by atoms with van der Waals surface area (Å²) in [5, 5.41) is 4.16. The average molecular weight is 471 g/mol. The van der Waals surface area contributed by atoms with E-state index in [4.69, 9.17) is 16.3 Å². The van der Waals surface area contributed by atoms with Crippen LogP contribution in [0.2, 0.25) is 5.02 Å². The zero-order valence-corrected chi connectivity index (χ0v) is 18.7. The molecule has 1 saturated heterocycles. The third-order valence-electron chi connectivity index (χ3n) is 5.70. The molecule has 1 aromatic carbocycles. The summed E-state index contributed by atoms with van der Waals surface area (Å²) in [5.74, 6) is -0.406. The first-order valence-corrected chi connectivity index (χ1v) is 12.4. The van der Waals surface area contributed by atoms with Crippen LogP contribution in [0.25, 0.3) is 5.69 Å². The molecule has 0 bridgehead atoms. The molecule has 2 aromatic rings. The zero-order chi connectivity index (χ0) is 22.2. The maximum atomic E-state index is 13.6. The standard InChI is InChI=1S/C20H24ClFN4O4S/c1-31(28,29)25-10-8-24(9-11-25)18-13-23-26(14-6-7-17(22)16(21)12-14)20(27)19(18)30-15-4-2-3-5-15/h6-7,12-13,15H,2-5,8-11H2,1H3. The zero-order valence-electron chi connectivity index (χ0n) is 17.1. The molecule has 8 nitrogen and oxygen atoms in total. The van der Waals surface area contributed by atoms with Crippen molar-refractivity contribution in [3.63, 3.8) is 0 Å². The van der Waals surface area contributed by atoms with Gasteiger partial charge in [0.1, 0.15) is 11.5 Å². The summed E-state index contributed by atoms with van der Waals surface area (Å²) in [5.41, 5.74) is 0.410. The second-order valence-corrected chi connectivity index (χ2v) is 10.2. The van der Waals surface area contributed by atoms with Crippen molar-refractivity contribution >= 4 is 27.3 Å². The van der Waals surface area contributed by atoms with E-state index in [2.05, 4.69) is 5.10 Å². The molecular weight excluding hydrogens is 447 g/mol. The van der Waals surface area contributed by atoms with E-state index in [9.17, 15) is 17.6 Å². The smallest absolute Gasteiger partial charge is 0.316 e. The van der Waals surface area contributed by atoms with Gasteiger partial charge in [-0.05, 0) is 43.9 Å². The molecule has 0 N–H and O–H groups in total. The Balaban J connectivity index is 1.70. The van der Waals surface area contributed by atoms with E-state index < -0.39 is 21.4 Å². The van der Waals surface area contributed by atoms with Gasteiger partial charge in [-0.1, -0.05) is 11.6 Å². The van der Waals surface area contributed by atoms with E-state index in [0.717, 1.165) is 30.4 Å². The van der Waals surface area contributed by atoms with Crippen molar-refractivity contribution in [3.8, 4) is 11.4 Å². The molecule has 168 valence electrons. The lowest BCUT2D eigenvalue weighted by molar-refractivity contribution is 0.205. The molecule has 0 radical (unpaired) electrons. The van der Waals surface area contributed by atoms with Crippen molar-refractivity contribution in [2.45, 2.75) is 31.8 Å². The number of benzene rings is 1. The van der Waals surface area contributed by atoms with Gasteiger partial charge in [-0.3, -0.25) is 4.79 Å². The number of piperazine rings is 1. The van der Waals surface area contributed by atoms with E-state index >= 15 is 0 Å². The van der Waals surface area contributed by atoms with Crippen LogP contribution in [0.5, 0.6) is 5.75 Å². The highest BCUT2D eigenvalue weighted by atomic mass is 35.5. The lowest BCUT2D eigenvalue weighted by Gasteiger charge is -2.35. The average Bonchev–Trinajstić information content (AvgIpc) is 3.24. The topological polar surface area (TPSA) is 84.7 Å². The van der Waals surface area contributed by atoms with Gasteiger partial charge in [-0.2, -0.15) is 14.1 Å². The quantitative estimate of drug-likeness (QED) is 0.667. The summed E-state index contributed by atoms with van der Waals surface area (Å²) in [4.78, 5) is 15.3. The van der Waals surface area contributed by atoms with Gasteiger partial charge in [-0.15, -0.1) is 0 Å². The summed E-state index contributed by atoms with van der Waals surface area (Å²) < 4.78 is 45.9. The summed E-state index contributed by atoms with van der Waals surface area (Å²) in [6.45, 7) is 1.47. The largest absolute Gasteiger partial charge is 0.483 e.